The molecule has 1 fully saturated rings. The average molecular weight is 453 g/mol. The van der Waals surface area contributed by atoms with Gasteiger partial charge in [-0.05, 0) is 0 Å². The van der Waals surface area contributed by atoms with Gasteiger partial charge in [0.15, 0.2) is 0 Å². The summed E-state index contributed by atoms with van der Waals surface area (Å²) in [7, 11) is 1.73. The number of amides is 1. The second kappa shape index (κ2) is 6.50. The van der Waals surface area contributed by atoms with E-state index in [2.05, 4.69) is 65.2 Å². The topological polar surface area (TPSA) is 25.2 Å². The van der Waals surface area contributed by atoms with Gasteiger partial charge in [0.1, 0.15) is 0 Å². The Balaban J connectivity index is 1.65. The molecule has 0 bridgehead atoms. The van der Waals surface area contributed by atoms with E-state index >= 15 is 0 Å². The summed E-state index contributed by atoms with van der Waals surface area (Å²) in [6, 6.07) is 21.3. The van der Waals surface area contributed by atoms with Crippen LogP contribution in [0, 0.1) is 0 Å². The fourth-order valence-corrected chi connectivity index (χ4v) is 6.77. The SMILES string of the molecule is CN1C(=O)/C(=C\c2ccc(-n3c4ccccc4c4ccccc43)[se]2)SC1=S. The molecule has 1 aliphatic heterocycles. The zero-order valence-corrected chi connectivity index (χ0v) is 17.7. The van der Waals surface area contributed by atoms with Crippen LogP contribution in [0.4, 0.5) is 0 Å². The number of benzene rings is 2. The maximum absolute atomic E-state index is 12.3. The molecule has 0 aliphatic carbocycles. The van der Waals surface area contributed by atoms with E-state index in [0.29, 0.717) is 9.23 Å². The number of nitrogens with zero attached hydrogens (tertiary/aromatic N) is 2. The number of thioether (sulfide) groups is 1. The fourth-order valence-electron chi connectivity index (χ4n) is 3.37. The van der Waals surface area contributed by atoms with Crippen molar-refractivity contribution in [3.8, 4) is 4.56 Å². The molecule has 4 aromatic rings. The van der Waals surface area contributed by atoms with Crippen LogP contribution < -0.4 is 0 Å². The molecule has 132 valence electrons. The van der Waals surface area contributed by atoms with Crippen molar-refractivity contribution in [3.05, 3.63) is 70.0 Å². The summed E-state index contributed by atoms with van der Waals surface area (Å²) < 4.78 is 5.44. The third-order valence-electron chi connectivity index (χ3n) is 4.67. The van der Waals surface area contributed by atoms with Gasteiger partial charge >= 0.3 is 172 Å². The minimum absolute atomic E-state index is 0.00739. The Morgan fingerprint density at radius 2 is 1.59 bits per heavy atom. The number of hydrogen-bond donors (Lipinski definition) is 0. The van der Waals surface area contributed by atoms with Crippen LogP contribution in [0.1, 0.15) is 4.44 Å². The van der Waals surface area contributed by atoms with Gasteiger partial charge in [0, 0.05) is 0 Å². The van der Waals surface area contributed by atoms with Crippen molar-refractivity contribution in [1.29, 1.82) is 0 Å². The van der Waals surface area contributed by atoms with Crippen molar-refractivity contribution in [2.24, 2.45) is 0 Å². The van der Waals surface area contributed by atoms with Crippen LogP contribution in [0.25, 0.3) is 32.4 Å². The minimum atomic E-state index is -0.00739. The molecule has 0 atom stereocenters. The van der Waals surface area contributed by atoms with E-state index in [4.69, 9.17) is 12.2 Å². The first kappa shape index (κ1) is 17.0. The predicted molar refractivity (Wildman–Crippen MR) is 119 cm³/mol. The molecule has 0 unspecified atom stereocenters. The molecule has 6 heteroatoms. The van der Waals surface area contributed by atoms with Crippen molar-refractivity contribution in [2.75, 3.05) is 7.05 Å². The molecule has 0 saturated carbocycles. The molecule has 2 aromatic heterocycles. The molecule has 3 nitrogen and oxygen atoms in total. The van der Waals surface area contributed by atoms with Gasteiger partial charge < -0.3 is 0 Å². The van der Waals surface area contributed by atoms with Gasteiger partial charge in [0.05, 0.1) is 0 Å². The van der Waals surface area contributed by atoms with E-state index in [9.17, 15) is 4.79 Å². The number of fused-ring (bicyclic) bond motifs is 3. The van der Waals surface area contributed by atoms with Gasteiger partial charge in [-0.1, -0.05) is 0 Å². The van der Waals surface area contributed by atoms with Gasteiger partial charge in [-0.25, -0.2) is 0 Å². The molecule has 1 aliphatic rings. The summed E-state index contributed by atoms with van der Waals surface area (Å²) in [6.07, 6.45) is 2.00. The van der Waals surface area contributed by atoms with Crippen molar-refractivity contribution >= 4 is 76.6 Å². The summed E-state index contributed by atoms with van der Waals surface area (Å²) >= 11 is 6.73. The Hall–Kier alpha value is -2.11. The first-order chi connectivity index (χ1) is 13.1. The second-order valence-corrected chi connectivity index (χ2v) is 10.3. The number of aromatic nitrogens is 1. The number of rotatable bonds is 2. The summed E-state index contributed by atoms with van der Waals surface area (Å²) in [4.78, 5) is 14.5. The summed E-state index contributed by atoms with van der Waals surface area (Å²) in [5.41, 5.74) is 2.45. The first-order valence-corrected chi connectivity index (χ1v) is 11.4. The van der Waals surface area contributed by atoms with E-state index in [1.54, 1.807) is 7.05 Å². The van der Waals surface area contributed by atoms with E-state index in [1.807, 2.05) is 6.08 Å². The molecule has 0 radical (unpaired) electrons. The fraction of sp³-hybridized carbons (Fsp3) is 0.0476. The molecule has 1 amide bonds. The molecule has 2 aromatic carbocycles. The van der Waals surface area contributed by atoms with Crippen LogP contribution in [-0.2, 0) is 4.79 Å². The van der Waals surface area contributed by atoms with Crippen LogP contribution in [-0.4, -0.2) is 41.2 Å². The van der Waals surface area contributed by atoms with Gasteiger partial charge in [0.25, 0.3) is 0 Å². The van der Waals surface area contributed by atoms with Crippen molar-refractivity contribution < 1.29 is 4.79 Å². The average Bonchev–Trinajstić information content (AvgIpc) is 3.34. The molecular formula is C21H14N2OS2Se. The molecule has 0 N–H and O–H groups in total. The van der Waals surface area contributed by atoms with Crippen LogP contribution in [0.2, 0.25) is 0 Å². The van der Waals surface area contributed by atoms with Gasteiger partial charge in [-0.3, -0.25) is 0 Å². The normalized spacial score (nSPS) is 16.3. The van der Waals surface area contributed by atoms with Crippen LogP contribution >= 0.6 is 24.0 Å². The summed E-state index contributed by atoms with van der Waals surface area (Å²) in [5.74, 6) is -0.00739. The number of para-hydroxylation sites is 2. The monoisotopic (exact) mass is 454 g/mol. The van der Waals surface area contributed by atoms with Gasteiger partial charge in [-0.2, -0.15) is 0 Å². The Morgan fingerprint density at radius 1 is 0.963 bits per heavy atom. The standard InChI is InChI=1S/C21H14N2OS2Se/c1-22-20(24)18(26-21(22)25)12-13-10-11-19(27-13)23-16-8-4-2-6-14(16)15-7-3-5-9-17(15)23/h2-12H,1H3/b18-12+. The summed E-state index contributed by atoms with van der Waals surface area (Å²) in [6.45, 7) is 0. The van der Waals surface area contributed by atoms with Crippen molar-refractivity contribution in [1.82, 2.24) is 9.47 Å². The number of likely N-dealkylation sites (N-methyl/N-ethyl adjacent to an activating group) is 1. The van der Waals surface area contributed by atoms with Crippen molar-refractivity contribution in [2.45, 2.75) is 0 Å². The molecule has 5 rings (SSSR count). The second-order valence-electron chi connectivity index (χ2n) is 6.29. The maximum atomic E-state index is 12.3. The Morgan fingerprint density at radius 3 is 2.19 bits per heavy atom. The number of carbonyl (C=O) groups is 1. The van der Waals surface area contributed by atoms with E-state index in [0.717, 1.165) is 0 Å². The van der Waals surface area contributed by atoms with Crippen LogP contribution in [0.15, 0.2) is 65.6 Å². The van der Waals surface area contributed by atoms with E-state index in [-0.39, 0.29) is 20.4 Å². The number of thiocarbonyl (C=S) groups is 1. The predicted octanol–water partition coefficient (Wildman–Crippen LogP) is 4.67. The molecule has 1 saturated heterocycles. The van der Waals surface area contributed by atoms with E-state index < -0.39 is 0 Å². The Bertz CT molecular complexity index is 1210. The zero-order chi connectivity index (χ0) is 18.5. The quantitative estimate of drug-likeness (QED) is 0.251. The molecule has 27 heavy (non-hydrogen) atoms. The molecule has 0 spiro atoms. The third kappa shape index (κ3) is 2.72. The van der Waals surface area contributed by atoms with E-state index in [1.165, 1.54) is 47.5 Å². The van der Waals surface area contributed by atoms with Crippen LogP contribution in [0.3, 0.4) is 0 Å². The van der Waals surface area contributed by atoms with Gasteiger partial charge in [-0.15, -0.1) is 0 Å². The number of hydrogen-bond acceptors (Lipinski definition) is 3. The molecule has 3 heterocycles. The van der Waals surface area contributed by atoms with Crippen molar-refractivity contribution in [3.63, 3.8) is 0 Å². The summed E-state index contributed by atoms with van der Waals surface area (Å²) in [5, 5.41) is 2.54. The van der Waals surface area contributed by atoms with Crippen LogP contribution in [0.5, 0.6) is 0 Å². The first-order valence-electron chi connectivity index (χ1n) is 8.43. The third-order valence-corrected chi connectivity index (χ3v) is 8.29. The number of carbonyl (C=O) groups excluding carboxylic acids is 1. The zero-order valence-electron chi connectivity index (χ0n) is 14.4. The molecular weight excluding hydrogens is 439 g/mol. The van der Waals surface area contributed by atoms with Gasteiger partial charge in [0.2, 0.25) is 0 Å². The Kier molecular flexibility index (Phi) is 4.10. The Labute approximate surface area is 172 Å².